The average molecular weight is 387 g/mol. The number of methoxy groups -OCH3 is 1. The van der Waals surface area contributed by atoms with Crippen molar-refractivity contribution in [3.8, 4) is 0 Å². The van der Waals surface area contributed by atoms with E-state index in [1.807, 2.05) is 0 Å². The van der Waals surface area contributed by atoms with Crippen LogP contribution in [0.5, 0.6) is 0 Å². The molecule has 2 aromatic rings. The van der Waals surface area contributed by atoms with Crippen LogP contribution in [0.25, 0.3) is 0 Å². The van der Waals surface area contributed by atoms with E-state index in [9.17, 15) is 22.8 Å². The molecule has 10 heteroatoms. The number of nitrogens with one attached hydrogen (secondary N) is 1. The maximum atomic E-state index is 12.7. The van der Waals surface area contributed by atoms with Crippen LogP contribution in [0.1, 0.15) is 26.4 Å². The van der Waals surface area contributed by atoms with Crippen LogP contribution < -0.4 is 5.32 Å². The maximum absolute atomic E-state index is 12.7. The molecular weight excluding hydrogens is 371 g/mol. The molecule has 0 bridgehead atoms. The molecule has 26 heavy (non-hydrogen) atoms. The van der Waals surface area contributed by atoms with E-state index in [1.54, 1.807) is 7.05 Å². The molecule has 2 amide bonds. The summed E-state index contributed by atoms with van der Waals surface area (Å²) in [7, 11) is 3.10. The molecule has 1 N–H and O–H groups in total. The first-order valence-electron chi connectivity index (χ1n) is 7.41. The van der Waals surface area contributed by atoms with Gasteiger partial charge in [0.1, 0.15) is 5.69 Å². The second kappa shape index (κ2) is 8.28. The normalized spacial score (nSPS) is 11.3. The van der Waals surface area contributed by atoms with Gasteiger partial charge in [0.15, 0.2) is 5.13 Å². The molecule has 0 radical (unpaired) electrons. The fraction of sp³-hybridized carbons (Fsp3) is 0.312. The van der Waals surface area contributed by atoms with E-state index >= 15 is 0 Å². The standard InChI is InChI=1S/C16H16F3N3O3S/c1-22(6-7-25-2)14(24)12-9-26-15(20-12)21-13(23)10-4-3-5-11(8-10)16(17,18)19/h3-5,8-9H,6-7H2,1-2H3,(H,20,21,23). The topological polar surface area (TPSA) is 71.5 Å². The number of carbonyl (C=O) groups is 2. The van der Waals surface area contributed by atoms with Crippen molar-refractivity contribution in [2.45, 2.75) is 6.18 Å². The van der Waals surface area contributed by atoms with E-state index in [-0.39, 0.29) is 22.3 Å². The molecule has 6 nitrogen and oxygen atoms in total. The van der Waals surface area contributed by atoms with Gasteiger partial charge in [0, 0.05) is 31.6 Å². The summed E-state index contributed by atoms with van der Waals surface area (Å²) in [4.78, 5) is 29.7. The van der Waals surface area contributed by atoms with Crippen molar-refractivity contribution < 1.29 is 27.5 Å². The Labute approximate surface area is 151 Å². The smallest absolute Gasteiger partial charge is 0.383 e. The zero-order valence-corrected chi connectivity index (χ0v) is 14.8. The van der Waals surface area contributed by atoms with Gasteiger partial charge in [-0.05, 0) is 18.2 Å². The molecule has 1 aromatic carbocycles. The van der Waals surface area contributed by atoms with Gasteiger partial charge in [-0.1, -0.05) is 6.07 Å². The number of anilines is 1. The highest BCUT2D eigenvalue weighted by Gasteiger charge is 2.31. The third kappa shape index (κ3) is 5.02. The number of benzene rings is 1. The molecule has 2 rings (SSSR count). The molecule has 0 aliphatic rings. The average Bonchev–Trinajstić information content (AvgIpc) is 3.06. The van der Waals surface area contributed by atoms with E-state index in [2.05, 4.69) is 10.3 Å². The highest BCUT2D eigenvalue weighted by Crippen LogP contribution is 2.29. The van der Waals surface area contributed by atoms with E-state index in [0.29, 0.717) is 13.2 Å². The Morgan fingerprint density at radius 1 is 1.35 bits per heavy atom. The summed E-state index contributed by atoms with van der Waals surface area (Å²) in [6.45, 7) is 0.740. The molecule has 1 heterocycles. The lowest BCUT2D eigenvalue weighted by atomic mass is 10.1. The number of aromatic nitrogens is 1. The highest BCUT2D eigenvalue weighted by molar-refractivity contribution is 7.14. The van der Waals surface area contributed by atoms with Crippen molar-refractivity contribution in [3.63, 3.8) is 0 Å². The summed E-state index contributed by atoms with van der Waals surface area (Å²) in [5, 5.41) is 3.99. The third-order valence-corrected chi connectivity index (χ3v) is 4.13. The highest BCUT2D eigenvalue weighted by atomic mass is 32.1. The van der Waals surface area contributed by atoms with E-state index in [4.69, 9.17) is 4.74 Å². The number of likely N-dealkylation sites (N-methyl/N-ethyl adjacent to an activating group) is 1. The zero-order chi connectivity index (χ0) is 19.3. The number of nitrogens with zero attached hydrogens (tertiary/aromatic N) is 2. The fourth-order valence-electron chi connectivity index (χ4n) is 1.96. The first-order chi connectivity index (χ1) is 12.2. The van der Waals surface area contributed by atoms with Crippen molar-refractivity contribution >= 4 is 28.3 Å². The van der Waals surface area contributed by atoms with Gasteiger partial charge in [-0.3, -0.25) is 14.9 Å². The number of rotatable bonds is 6. The molecule has 0 unspecified atom stereocenters. The number of thiazole rings is 1. The predicted molar refractivity (Wildman–Crippen MR) is 90.3 cm³/mol. The van der Waals surface area contributed by atoms with Gasteiger partial charge in [0.25, 0.3) is 11.8 Å². The van der Waals surface area contributed by atoms with Crippen LogP contribution >= 0.6 is 11.3 Å². The fourth-order valence-corrected chi connectivity index (χ4v) is 2.64. The van der Waals surface area contributed by atoms with E-state index in [0.717, 1.165) is 29.5 Å². The van der Waals surface area contributed by atoms with Gasteiger partial charge in [0.2, 0.25) is 0 Å². The molecule has 0 aliphatic heterocycles. The van der Waals surface area contributed by atoms with Crippen molar-refractivity contribution in [2.24, 2.45) is 0 Å². The lowest BCUT2D eigenvalue weighted by molar-refractivity contribution is -0.137. The van der Waals surface area contributed by atoms with Crippen LogP contribution in [-0.2, 0) is 10.9 Å². The Morgan fingerprint density at radius 3 is 2.73 bits per heavy atom. The summed E-state index contributed by atoms with van der Waals surface area (Å²) in [6, 6.07) is 4.06. The zero-order valence-electron chi connectivity index (χ0n) is 14.0. The molecule has 140 valence electrons. The van der Waals surface area contributed by atoms with Crippen LogP contribution in [-0.4, -0.2) is 49.0 Å². The summed E-state index contributed by atoms with van der Waals surface area (Å²) in [6.07, 6.45) is -4.54. The number of amides is 2. The van der Waals surface area contributed by atoms with Crippen LogP contribution in [0.4, 0.5) is 18.3 Å². The first-order valence-corrected chi connectivity index (χ1v) is 8.29. The van der Waals surface area contributed by atoms with E-state index < -0.39 is 17.6 Å². The molecule has 0 saturated carbocycles. The van der Waals surface area contributed by atoms with Crippen molar-refractivity contribution in [1.82, 2.24) is 9.88 Å². The SMILES string of the molecule is COCCN(C)C(=O)c1csc(NC(=O)c2cccc(C(F)(F)F)c2)n1. The van der Waals surface area contributed by atoms with Gasteiger partial charge < -0.3 is 9.64 Å². The summed E-state index contributed by atoms with van der Waals surface area (Å²) < 4.78 is 43.1. The van der Waals surface area contributed by atoms with Gasteiger partial charge >= 0.3 is 6.18 Å². The molecule has 0 fully saturated rings. The number of carbonyl (C=O) groups excluding carboxylic acids is 2. The number of halogens is 3. The Bertz CT molecular complexity index is 792. The molecule has 1 aromatic heterocycles. The minimum atomic E-state index is -4.54. The Hall–Kier alpha value is -2.46. The lowest BCUT2D eigenvalue weighted by Gasteiger charge is -2.14. The molecule has 0 atom stereocenters. The Balaban J connectivity index is 2.07. The van der Waals surface area contributed by atoms with Gasteiger partial charge in [-0.25, -0.2) is 4.98 Å². The Morgan fingerprint density at radius 2 is 2.08 bits per heavy atom. The second-order valence-corrected chi connectivity index (χ2v) is 6.15. The number of ether oxygens (including phenoxy) is 1. The van der Waals surface area contributed by atoms with Crippen molar-refractivity contribution in [1.29, 1.82) is 0 Å². The molecular formula is C16H16F3N3O3S. The quantitative estimate of drug-likeness (QED) is 0.827. The van der Waals surface area contributed by atoms with Gasteiger partial charge in [-0.15, -0.1) is 11.3 Å². The minimum absolute atomic E-state index is 0.121. The lowest BCUT2D eigenvalue weighted by Crippen LogP contribution is -2.30. The van der Waals surface area contributed by atoms with Crippen molar-refractivity contribution in [2.75, 3.05) is 32.6 Å². The first kappa shape index (κ1) is 19.9. The van der Waals surface area contributed by atoms with Crippen LogP contribution in [0.15, 0.2) is 29.6 Å². The number of alkyl halides is 3. The number of hydrogen-bond donors (Lipinski definition) is 1. The molecule has 0 saturated heterocycles. The number of hydrogen-bond acceptors (Lipinski definition) is 5. The maximum Gasteiger partial charge on any atom is 0.416 e. The van der Waals surface area contributed by atoms with E-state index in [1.165, 1.54) is 23.5 Å². The predicted octanol–water partition coefficient (Wildman–Crippen LogP) is 3.13. The largest absolute Gasteiger partial charge is 0.416 e. The molecule has 0 spiro atoms. The second-order valence-electron chi connectivity index (χ2n) is 5.29. The van der Waals surface area contributed by atoms with Gasteiger partial charge in [0.05, 0.1) is 12.2 Å². The monoisotopic (exact) mass is 387 g/mol. The van der Waals surface area contributed by atoms with Gasteiger partial charge in [-0.2, -0.15) is 13.2 Å². The Kier molecular flexibility index (Phi) is 6.32. The minimum Gasteiger partial charge on any atom is -0.383 e. The van der Waals surface area contributed by atoms with Crippen LogP contribution in [0.2, 0.25) is 0 Å². The van der Waals surface area contributed by atoms with Crippen LogP contribution in [0, 0.1) is 0 Å². The van der Waals surface area contributed by atoms with Crippen LogP contribution in [0.3, 0.4) is 0 Å². The van der Waals surface area contributed by atoms with Crippen molar-refractivity contribution in [3.05, 3.63) is 46.5 Å². The summed E-state index contributed by atoms with van der Waals surface area (Å²) >= 11 is 1.01. The molecule has 0 aliphatic carbocycles. The summed E-state index contributed by atoms with van der Waals surface area (Å²) in [5.74, 6) is -1.09. The summed E-state index contributed by atoms with van der Waals surface area (Å²) in [5.41, 5.74) is -0.937. The third-order valence-electron chi connectivity index (χ3n) is 3.37.